The van der Waals surface area contributed by atoms with E-state index in [0.29, 0.717) is 18.8 Å². The molecule has 2 atom stereocenters. The van der Waals surface area contributed by atoms with Crippen LogP contribution in [0.2, 0.25) is 0 Å². The van der Waals surface area contributed by atoms with Gasteiger partial charge in [-0.1, -0.05) is 50.7 Å². The first-order valence-electron chi connectivity index (χ1n) is 10.5. The summed E-state index contributed by atoms with van der Waals surface area (Å²) in [5.41, 5.74) is 1.27. The summed E-state index contributed by atoms with van der Waals surface area (Å²) < 4.78 is 4.93. The van der Waals surface area contributed by atoms with E-state index < -0.39 is 0 Å². The third kappa shape index (κ3) is 9.42. The molecule has 0 aromatic carbocycles. The number of hydrogen-bond donors (Lipinski definition) is 2. The number of carbonyl (C=O) groups is 1. The minimum absolute atomic E-state index is 0.102. The highest BCUT2D eigenvalue weighted by Gasteiger charge is 2.28. The second kappa shape index (κ2) is 13.9. The number of ether oxygens (including phenoxy) is 1. The second-order valence-corrected chi connectivity index (χ2v) is 7.33. The lowest BCUT2D eigenvalue weighted by atomic mass is 9.93. The zero-order valence-electron chi connectivity index (χ0n) is 16.7. The van der Waals surface area contributed by atoms with Gasteiger partial charge in [0, 0.05) is 18.8 Å². The molecule has 4 nitrogen and oxygen atoms in total. The number of esters is 1. The van der Waals surface area contributed by atoms with E-state index in [1.165, 1.54) is 5.57 Å². The van der Waals surface area contributed by atoms with Crippen LogP contribution in [0.15, 0.2) is 23.5 Å². The molecule has 0 aromatic heterocycles. The maximum Gasteiger partial charge on any atom is 0.305 e. The molecule has 0 spiro atoms. The molecule has 1 fully saturated rings. The fraction of sp³-hybridized carbons (Fsp3) is 0.773. The van der Waals surface area contributed by atoms with Crippen LogP contribution in [0.3, 0.4) is 0 Å². The second-order valence-electron chi connectivity index (χ2n) is 7.33. The van der Waals surface area contributed by atoms with E-state index in [9.17, 15) is 15.0 Å². The summed E-state index contributed by atoms with van der Waals surface area (Å²) in [6, 6.07) is 0. The predicted octanol–water partition coefficient (Wildman–Crippen LogP) is 5.61. The molecule has 26 heavy (non-hydrogen) atoms. The van der Waals surface area contributed by atoms with E-state index in [1.54, 1.807) is 0 Å². The van der Waals surface area contributed by atoms with Crippen molar-refractivity contribution >= 4 is 5.97 Å². The maximum atomic E-state index is 11.3. The van der Waals surface area contributed by atoms with Crippen LogP contribution >= 0.6 is 0 Å². The fourth-order valence-electron chi connectivity index (χ4n) is 3.60. The van der Waals surface area contributed by atoms with Gasteiger partial charge in [0.25, 0.3) is 0 Å². The first-order chi connectivity index (χ1) is 12.6. The van der Waals surface area contributed by atoms with Gasteiger partial charge in [-0.2, -0.15) is 0 Å². The Labute approximate surface area is 159 Å². The van der Waals surface area contributed by atoms with Crippen LogP contribution < -0.4 is 0 Å². The number of aliphatic hydroxyl groups is 2. The lowest BCUT2D eigenvalue weighted by Crippen LogP contribution is -2.14. The molecule has 1 aliphatic carbocycles. The molecule has 0 aliphatic heterocycles. The summed E-state index contributed by atoms with van der Waals surface area (Å²) in [6.07, 6.45) is 15.0. The van der Waals surface area contributed by atoms with Crippen LogP contribution in [0, 0.1) is 5.92 Å². The minimum atomic E-state index is -0.253. The quantitative estimate of drug-likeness (QED) is 0.252. The molecule has 0 radical (unpaired) electrons. The fourth-order valence-corrected chi connectivity index (χ4v) is 3.60. The minimum Gasteiger partial charge on any atom is -0.512 e. The molecule has 0 heterocycles. The van der Waals surface area contributed by atoms with Crippen LogP contribution in [0.1, 0.15) is 90.9 Å². The molecule has 2 N–H and O–H groups in total. The molecule has 0 bridgehead atoms. The average Bonchev–Trinajstić information content (AvgIpc) is 2.96. The number of allylic oxidation sites excluding steroid dienone is 3. The molecule has 150 valence electrons. The number of unbranched alkanes of at least 4 members (excludes halogenated alkanes) is 5. The van der Waals surface area contributed by atoms with E-state index in [1.807, 2.05) is 19.1 Å². The van der Waals surface area contributed by atoms with Crippen LogP contribution in [0.4, 0.5) is 0 Å². The first kappa shape index (κ1) is 22.8. The van der Waals surface area contributed by atoms with Crippen molar-refractivity contribution in [1.82, 2.24) is 0 Å². The molecule has 4 heteroatoms. The smallest absolute Gasteiger partial charge is 0.305 e. The Morgan fingerprint density at radius 2 is 1.85 bits per heavy atom. The Hall–Kier alpha value is -1.29. The van der Waals surface area contributed by atoms with Gasteiger partial charge >= 0.3 is 5.97 Å². The van der Waals surface area contributed by atoms with Gasteiger partial charge in [-0.3, -0.25) is 4.79 Å². The molecule has 1 aliphatic rings. The van der Waals surface area contributed by atoms with Crippen LogP contribution in [0.5, 0.6) is 0 Å². The molecule has 1 rings (SSSR count). The van der Waals surface area contributed by atoms with Gasteiger partial charge in [-0.05, 0) is 45.1 Å². The summed E-state index contributed by atoms with van der Waals surface area (Å²) >= 11 is 0. The van der Waals surface area contributed by atoms with Crippen LogP contribution in [-0.2, 0) is 9.53 Å². The molecular weight excluding hydrogens is 328 g/mol. The van der Waals surface area contributed by atoms with Crippen LogP contribution in [0.25, 0.3) is 0 Å². The van der Waals surface area contributed by atoms with E-state index in [-0.39, 0.29) is 18.0 Å². The lowest BCUT2D eigenvalue weighted by molar-refractivity contribution is -0.143. The Bertz CT molecular complexity index is 453. The summed E-state index contributed by atoms with van der Waals surface area (Å²) in [7, 11) is 0. The number of carbonyl (C=O) groups excluding carboxylic acids is 1. The predicted molar refractivity (Wildman–Crippen MR) is 106 cm³/mol. The Balaban J connectivity index is 2.31. The first-order valence-corrected chi connectivity index (χ1v) is 10.5. The average molecular weight is 367 g/mol. The number of hydrogen-bond acceptors (Lipinski definition) is 4. The SMILES string of the molecule is CCCCCC(O)=CC=C1CC[C@@H](O)[C@@H]1CCCCCCC(=O)OCC. The zero-order chi connectivity index (χ0) is 19.2. The highest BCUT2D eigenvalue weighted by molar-refractivity contribution is 5.69. The van der Waals surface area contributed by atoms with Gasteiger partial charge < -0.3 is 14.9 Å². The molecule has 0 amide bonds. The maximum absolute atomic E-state index is 11.3. The monoisotopic (exact) mass is 366 g/mol. The summed E-state index contributed by atoms with van der Waals surface area (Å²) in [4.78, 5) is 11.3. The van der Waals surface area contributed by atoms with Gasteiger partial charge in [-0.15, -0.1) is 0 Å². The van der Waals surface area contributed by atoms with Gasteiger partial charge in [0.15, 0.2) is 0 Å². The van der Waals surface area contributed by atoms with Gasteiger partial charge in [0.2, 0.25) is 0 Å². The Kier molecular flexibility index (Phi) is 12.1. The molecule has 0 saturated heterocycles. The summed E-state index contributed by atoms with van der Waals surface area (Å²) in [6.45, 7) is 4.44. The Morgan fingerprint density at radius 1 is 1.12 bits per heavy atom. The van der Waals surface area contributed by atoms with Gasteiger partial charge in [0.05, 0.1) is 18.5 Å². The van der Waals surface area contributed by atoms with Crippen molar-refractivity contribution in [2.75, 3.05) is 6.61 Å². The van der Waals surface area contributed by atoms with Crippen LogP contribution in [-0.4, -0.2) is 28.9 Å². The highest BCUT2D eigenvalue weighted by atomic mass is 16.5. The van der Waals surface area contributed by atoms with Gasteiger partial charge in [-0.25, -0.2) is 0 Å². The third-order valence-electron chi connectivity index (χ3n) is 5.15. The van der Waals surface area contributed by atoms with E-state index in [0.717, 1.165) is 70.6 Å². The van der Waals surface area contributed by atoms with Crippen molar-refractivity contribution in [3.05, 3.63) is 23.5 Å². The number of aliphatic hydroxyl groups excluding tert-OH is 2. The molecular formula is C22H38O4. The zero-order valence-corrected chi connectivity index (χ0v) is 16.7. The third-order valence-corrected chi connectivity index (χ3v) is 5.15. The van der Waals surface area contributed by atoms with Gasteiger partial charge in [0.1, 0.15) is 0 Å². The molecule has 0 aromatic rings. The summed E-state index contributed by atoms with van der Waals surface area (Å²) in [5, 5.41) is 20.2. The lowest BCUT2D eigenvalue weighted by Gasteiger charge is -2.16. The van der Waals surface area contributed by atoms with Crippen molar-refractivity contribution in [1.29, 1.82) is 0 Å². The number of rotatable bonds is 13. The van der Waals surface area contributed by atoms with E-state index in [4.69, 9.17) is 4.74 Å². The van der Waals surface area contributed by atoms with Crippen molar-refractivity contribution in [3.8, 4) is 0 Å². The van der Waals surface area contributed by atoms with Crippen molar-refractivity contribution in [2.45, 2.75) is 97.0 Å². The normalized spacial score (nSPS) is 22.1. The Morgan fingerprint density at radius 3 is 2.58 bits per heavy atom. The van der Waals surface area contributed by atoms with Crippen molar-refractivity contribution < 1.29 is 19.7 Å². The summed E-state index contributed by atoms with van der Waals surface area (Å²) in [5.74, 6) is 0.569. The standard InChI is InChI=1S/C22H38O4/c1-3-5-8-11-19(23)16-14-18-15-17-21(24)20(18)12-9-6-7-10-13-22(25)26-4-2/h14,16,20-21,23-24H,3-13,15,17H2,1-2H3/t20-,21-/m1/s1. The van der Waals surface area contributed by atoms with E-state index >= 15 is 0 Å². The van der Waals surface area contributed by atoms with Crippen molar-refractivity contribution in [3.63, 3.8) is 0 Å². The van der Waals surface area contributed by atoms with Crippen molar-refractivity contribution in [2.24, 2.45) is 5.92 Å². The topological polar surface area (TPSA) is 66.8 Å². The molecule has 0 unspecified atom stereocenters. The molecule has 1 saturated carbocycles. The largest absolute Gasteiger partial charge is 0.512 e. The highest BCUT2D eigenvalue weighted by Crippen LogP contribution is 2.35. The van der Waals surface area contributed by atoms with E-state index in [2.05, 4.69) is 6.92 Å².